The van der Waals surface area contributed by atoms with Crippen LogP contribution in [-0.4, -0.2) is 51.1 Å². The van der Waals surface area contributed by atoms with E-state index in [0.29, 0.717) is 23.8 Å². The van der Waals surface area contributed by atoms with Gasteiger partial charge in [0, 0.05) is 33.2 Å². The van der Waals surface area contributed by atoms with E-state index in [1.807, 2.05) is 34.6 Å². The molecule has 0 radical (unpaired) electrons. The van der Waals surface area contributed by atoms with E-state index in [-0.39, 0.29) is 0 Å². The number of nitrogens with zero attached hydrogens (tertiary/aromatic N) is 6. The molecular weight excluding hydrogens is 398 g/mol. The first-order chi connectivity index (χ1) is 14.4. The Bertz CT molecular complexity index is 1180. The molecule has 0 fully saturated rings. The van der Waals surface area contributed by atoms with Crippen LogP contribution in [0.2, 0.25) is 25.7 Å². The molecule has 0 amide bonds. The minimum atomic E-state index is -1.11. The fourth-order valence-corrected chi connectivity index (χ4v) is 3.93. The van der Waals surface area contributed by atoms with Gasteiger partial charge in [-0.25, -0.2) is 19.6 Å². The molecule has 0 aliphatic heterocycles. The maximum atomic E-state index is 5.86. The number of hydrogen-bond donors (Lipinski definition) is 1. The number of imidazole rings is 1. The summed E-state index contributed by atoms with van der Waals surface area (Å²) in [5, 5.41) is 8.80. The number of hydrogen-bond acceptors (Lipinski definition) is 7. The molecule has 0 atom stereocenters. The molecular formula is C20H27N7O2Si. The third-order valence-electron chi connectivity index (χ3n) is 4.92. The Morgan fingerprint density at radius 3 is 2.73 bits per heavy atom. The van der Waals surface area contributed by atoms with Gasteiger partial charge in [-0.15, -0.1) is 0 Å². The molecule has 3 aromatic heterocycles. The number of rotatable bonds is 8. The molecule has 4 rings (SSSR count). The van der Waals surface area contributed by atoms with Crippen LogP contribution < -0.4 is 10.1 Å². The lowest BCUT2D eigenvalue weighted by Gasteiger charge is -2.15. The zero-order chi connectivity index (χ0) is 21.3. The Kier molecular flexibility index (Phi) is 5.44. The highest BCUT2D eigenvalue weighted by Gasteiger charge is 2.15. The van der Waals surface area contributed by atoms with Crippen molar-refractivity contribution in [1.82, 2.24) is 29.3 Å². The van der Waals surface area contributed by atoms with E-state index >= 15 is 0 Å². The largest absolute Gasteiger partial charge is 0.494 e. The van der Waals surface area contributed by atoms with Crippen LogP contribution in [0.4, 0.5) is 11.5 Å². The molecule has 1 N–H and O–H groups in total. The summed E-state index contributed by atoms with van der Waals surface area (Å²) >= 11 is 0. The second-order valence-electron chi connectivity index (χ2n) is 8.48. The third-order valence-corrected chi connectivity index (χ3v) is 6.63. The second-order valence-corrected chi connectivity index (χ2v) is 14.1. The summed E-state index contributed by atoms with van der Waals surface area (Å²) in [6.45, 7) is 8.20. The van der Waals surface area contributed by atoms with Crippen molar-refractivity contribution in [2.75, 3.05) is 19.0 Å². The number of nitrogens with one attached hydrogen (secondary N) is 1. The highest BCUT2D eigenvalue weighted by Crippen LogP contribution is 2.33. The molecule has 9 nitrogen and oxygen atoms in total. The Labute approximate surface area is 176 Å². The minimum absolute atomic E-state index is 0.421. The lowest BCUT2D eigenvalue weighted by molar-refractivity contribution is 0.0817. The number of benzene rings is 1. The van der Waals surface area contributed by atoms with E-state index in [1.54, 1.807) is 13.4 Å². The quantitative estimate of drug-likeness (QED) is 0.339. The molecule has 0 aliphatic rings. The fraction of sp³-hybridized carbons (Fsp3) is 0.400. The standard InChI is InChI=1S/C20H27N7O2Si/c1-26-12-23-18-19(21-11-22-20(18)26)25-15-8-14-10-24-27(16(14)9-17(15)28-2)13-29-6-7-30(3,4)5/h8-12H,6-7,13H2,1-5H3,(H,21,22,25). The summed E-state index contributed by atoms with van der Waals surface area (Å²) in [6.07, 6.45) is 5.07. The van der Waals surface area contributed by atoms with E-state index in [0.717, 1.165) is 34.9 Å². The Hall–Kier alpha value is -2.98. The minimum Gasteiger partial charge on any atom is -0.494 e. The predicted octanol–water partition coefficient (Wildman–Crippen LogP) is 3.78. The first-order valence-electron chi connectivity index (χ1n) is 9.86. The Morgan fingerprint density at radius 1 is 1.13 bits per heavy atom. The van der Waals surface area contributed by atoms with E-state index in [2.05, 4.69) is 45.0 Å². The van der Waals surface area contributed by atoms with Crippen LogP contribution in [0.5, 0.6) is 5.75 Å². The van der Waals surface area contributed by atoms with Crippen molar-refractivity contribution in [2.45, 2.75) is 32.4 Å². The SMILES string of the molecule is COc1cc2c(cnn2COCC[Si](C)(C)C)cc1Nc1ncnc2c1ncn2C. The van der Waals surface area contributed by atoms with Gasteiger partial charge in [-0.05, 0) is 12.1 Å². The topological polar surface area (TPSA) is 91.9 Å². The highest BCUT2D eigenvalue weighted by atomic mass is 28.3. The van der Waals surface area contributed by atoms with Crippen LogP contribution in [0.25, 0.3) is 22.1 Å². The van der Waals surface area contributed by atoms with Gasteiger partial charge in [-0.3, -0.25) is 0 Å². The summed E-state index contributed by atoms with van der Waals surface area (Å²) in [5.41, 5.74) is 3.20. The number of aromatic nitrogens is 6. The van der Waals surface area contributed by atoms with Gasteiger partial charge in [0.2, 0.25) is 0 Å². The van der Waals surface area contributed by atoms with Gasteiger partial charge in [-0.2, -0.15) is 5.10 Å². The van der Waals surface area contributed by atoms with Crippen molar-refractivity contribution >= 4 is 41.6 Å². The molecule has 4 aromatic rings. The summed E-state index contributed by atoms with van der Waals surface area (Å²) in [7, 11) is 2.44. The molecule has 0 saturated carbocycles. The lowest BCUT2D eigenvalue weighted by atomic mass is 10.2. The Morgan fingerprint density at radius 2 is 1.97 bits per heavy atom. The summed E-state index contributed by atoms with van der Waals surface area (Å²) in [5.74, 6) is 1.31. The van der Waals surface area contributed by atoms with Crippen LogP contribution in [0, 0.1) is 0 Å². The number of anilines is 2. The Balaban J connectivity index is 1.59. The summed E-state index contributed by atoms with van der Waals surface area (Å²) in [6, 6.07) is 5.09. The van der Waals surface area contributed by atoms with E-state index < -0.39 is 8.07 Å². The highest BCUT2D eigenvalue weighted by molar-refractivity contribution is 6.76. The van der Waals surface area contributed by atoms with Gasteiger partial charge >= 0.3 is 0 Å². The number of ether oxygens (including phenoxy) is 2. The predicted molar refractivity (Wildman–Crippen MR) is 120 cm³/mol. The number of aryl methyl sites for hydroxylation is 1. The second kappa shape index (κ2) is 8.03. The first kappa shape index (κ1) is 20.3. The van der Waals surface area contributed by atoms with E-state index in [9.17, 15) is 0 Å². The van der Waals surface area contributed by atoms with Crippen LogP contribution in [0.1, 0.15) is 0 Å². The van der Waals surface area contributed by atoms with Crippen LogP contribution in [0.15, 0.2) is 31.0 Å². The smallest absolute Gasteiger partial charge is 0.165 e. The molecule has 0 saturated heterocycles. The molecule has 3 heterocycles. The lowest BCUT2D eigenvalue weighted by Crippen LogP contribution is -2.22. The van der Waals surface area contributed by atoms with Gasteiger partial charge in [0.25, 0.3) is 0 Å². The maximum absolute atomic E-state index is 5.86. The molecule has 1 aromatic carbocycles. The van der Waals surface area contributed by atoms with Gasteiger partial charge in [0.1, 0.15) is 18.8 Å². The molecule has 10 heteroatoms. The van der Waals surface area contributed by atoms with Crippen LogP contribution in [-0.2, 0) is 18.5 Å². The maximum Gasteiger partial charge on any atom is 0.165 e. The molecule has 0 spiro atoms. The third kappa shape index (κ3) is 4.14. The van der Waals surface area contributed by atoms with Gasteiger partial charge in [0.15, 0.2) is 17.0 Å². The normalized spacial score (nSPS) is 12.0. The average molecular weight is 426 g/mol. The first-order valence-corrected chi connectivity index (χ1v) is 13.6. The molecule has 30 heavy (non-hydrogen) atoms. The zero-order valence-corrected chi connectivity index (χ0v) is 19.0. The van der Waals surface area contributed by atoms with E-state index in [4.69, 9.17) is 9.47 Å². The molecule has 0 bridgehead atoms. The number of methoxy groups -OCH3 is 1. The van der Waals surface area contributed by atoms with Crippen molar-refractivity contribution in [3.05, 3.63) is 31.0 Å². The monoisotopic (exact) mass is 425 g/mol. The summed E-state index contributed by atoms with van der Waals surface area (Å²) < 4.78 is 15.2. The zero-order valence-electron chi connectivity index (χ0n) is 18.0. The number of fused-ring (bicyclic) bond motifs is 2. The van der Waals surface area contributed by atoms with Gasteiger partial charge < -0.3 is 19.4 Å². The van der Waals surface area contributed by atoms with Crippen molar-refractivity contribution < 1.29 is 9.47 Å². The van der Waals surface area contributed by atoms with Gasteiger partial charge in [0.05, 0.1) is 30.8 Å². The van der Waals surface area contributed by atoms with Crippen molar-refractivity contribution in [2.24, 2.45) is 7.05 Å². The molecule has 158 valence electrons. The van der Waals surface area contributed by atoms with E-state index in [1.165, 1.54) is 6.33 Å². The molecule has 0 unspecified atom stereocenters. The summed E-state index contributed by atoms with van der Waals surface area (Å²) in [4.78, 5) is 13.0. The van der Waals surface area contributed by atoms with Crippen molar-refractivity contribution in [3.8, 4) is 5.75 Å². The average Bonchev–Trinajstić information content (AvgIpc) is 3.28. The van der Waals surface area contributed by atoms with Gasteiger partial charge in [-0.1, -0.05) is 19.6 Å². The fourth-order valence-electron chi connectivity index (χ4n) is 3.17. The van der Waals surface area contributed by atoms with Crippen molar-refractivity contribution in [1.29, 1.82) is 0 Å². The van der Waals surface area contributed by atoms with Crippen LogP contribution in [0.3, 0.4) is 0 Å². The van der Waals surface area contributed by atoms with Crippen molar-refractivity contribution in [3.63, 3.8) is 0 Å². The van der Waals surface area contributed by atoms with Crippen LogP contribution >= 0.6 is 0 Å². The molecule has 0 aliphatic carbocycles.